The van der Waals surface area contributed by atoms with Crippen molar-refractivity contribution >= 4 is 5.97 Å². The Morgan fingerprint density at radius 3 is 1.93 bits per heavy atom. The highest BCUT2D eigenvalue weighted by Gasteiger charge is 2.53. The lowest BCUT2D eigenvalue weighted by molar-refractivity contribution is 0.0224. The SMILES string of the molecule is CC(C)c1ccc2c(c1)C(=O)OC21c2ccc(ON)cc2Oc2cc(ON)ccc21. The minimum absolute atomic E-state index is 0.280. The van der Waals surface area contributed by atoms with Crippen LogP contribution in [0.3, 0.4) is 0 Å². The summed E-state index contributed by atoms with van der Waals surface area (Å²) in [6.45, 7) is 4.17. The summed E-state index contributed by atoms with van der Waals surface area (Å²) in [6.07, 6.45) is 0. The van der Waals surface area contributed by atoms with E-state index in [0.717, 1.165) is 11.1 Å². The quantitative estimate of drug-likeness (QED) is 0.504. The maximum Gasteiger partial charge on any atom is 0.340 e. The molecule has 30 heavy (non-hydrogen) atoms. The van der Waals surface area contributed by atoms with Crippen molar-refractivity contribution in [1.29, 1.82) is 0 Å². The van der Waals surface area contributed by atoms with Gasteiger partial charge >= 0.3 is 5.97 Å². The number of carbonyl (C=O) groups excluding carboxylic acids is 1. The van der Waals surface area contributed by atoms with Crippen molar-refractivity contribution in [3.63, 3.8) is 0 Å². The van der Waals surface area contributed by atoms with Crippen LogP contribution in [0.1, 0.15) is 52.4 Å². The highest BCUT2D eigenvalue weighted by molar-refractivity contribution is 5.97. The molecule has 2 aliphatic rings. The normalized spacial score (nSPS) is 15.2. The number of ether oxygens (including phenoxy) is 2. The number of fused-ring (bicyclic) bond motifs is 6. The van der Waals surface area contributed by atoms with Gasteiger partial charge in [-0.1, -0.05) is 26.0 Å². The predicted molar refractivity (Wildman–Crippen MR) is 108 cm³/mol. The van der Waals surface area contributed by atoms with Crippen LogP contribution in [0.4, 0.5) is 0 Å². The van der Waals surface area contributed by atoms with Gasteiger partial charge in [-0.3, -0.25) is 0 Å². The molecular formula is C23H20N2O5. The van der Waals surface area contributed by atoms with Crippen LogP contribution in [-0.2, 0) is 10.3 Å². The van der Waals surface area contributed by atoms with Crippen LogP contribution in [0.15, 0.2) is 54.6 Å². The lowest BCUT2D eigenvalue weighted by atomic mass is 9.77. The minimum Gasteiger partial charge on any atom is -0.456 e. The summed E-state index contributed by atoms with van der Waals surface area (Å²) < 4.78 is 12.2. The summed E-state index contributed by atoms with van der Waals surface area (Å²) in [5.41, 5.74) is 2.56. The molecule has 0 saturated heterocycles. The molecule has 0 amide bonds. The van der Waals surface area contributed by atoms with Crippen molar-refractivity contribution in [1.82, 2.24) is 0 Å². The minimum atomic E-state index is -1.16. The Morgan fingerprint density at radius 1 is 0.833 bits per heavy atom. The third-order valence-electron chi connectivity index (χ3n) is 5.71. The lowest BCUT2D eigenvalue weighted by Gasteiger charge is -2.36. The van der Waals surface area contributed by atoms with Crippen molar-refractivity contribution in [3.8, 4) is 23.0 Å². The molecule has 152 valence electrons. The van der Waals surface area contributed by atoms with Gasteiger partial charge in [0.1, 0.15) is 11.5 Å². The topological polar surface area (TPSA) is 106 Å². The summed E-state index contributed by atoms with van der Waals surface area (Å²) >= 11 is 0. The van der Waals surface area contributed by atoms with E-state index in [9.17, 15) is 4.79 Å². The van der Waals surface area contributed by atoms with Gasteiger partial charge in [0.25, 0.3) is 0 Å². The van der Waals surface area contributed by atoms with Crippen LogP contribution in [0, 0.1) is 0 Å². The third kappa shape index (κ3) is 2.43. The van der Waals surface area contributed by atoms with E-state index in [0.29, 0.717) is 39.7 Å². The van der Waals surface area contributed by atoms with Gasteiger partial charge < -0.3 is 19.1 Å². The average Bonchev–Trinajstić information content (AvgIpc) is 3.05. The average molecular weight is 404 g/mol. The maximum absolute atomic E-state index is 13.0. The second kappa shape index (κ2) is 6.48. The van der Waals surface area contributed by atoms with Crippen molar-refractivity contribution < 1.29 is 23.9 Å². The molecule has 5 rings (SSSR count). The van der Waals surface area contributed by atoms with Crippen LogP contribution in [0.25, 0.3) is 0 Å². The van der Waals surface area contributed by atoms with E-state index in [2.05, 4.69) is 13.8 Å². The monoisotopic (exact) mass is 404 g/mol. The number of rotatable bonds is 3. The number of hydrogen-bond acceptors (Lipinski definition) is 7. The summed E-state index contributed by atoms with van der Waals surface area (Å²) in [6, 6.07) is 16.2. The Labute approximate surface area is 173 Å². The molecule has 7 nitrogen and oxygen atoms in total. The molecule has 4 N–H and O–H groups in total. The van der Waals surface area contributed by atoms with E-state index in [1.165, 1.54) is 0 Å². The highest BCUT2D eigenvalue weighted by Crippen LogP contribution is 2.57. The summed E-state index contributed by atoms with van der Waals surface area (Å²) in [5, 5.41) is 0. The van der Waals surface area contributed by atoms with E-state index < -0.39 is 5.60 Å². The zero-order valence-electron chi connectivity index (χ0n) is 16.5. The van der Waals surface area contributed by atoms with Gasteiger partial charge in [-0.2, -0.15) is 11.8 Å². The summed E-state index contributed by atoms with van der Waals surface area (Å²) in [5.74, 6) is 12.3. The molecule has 0 fully saturated rings. The molecule has 3 aromatic carbocycles. The van der Waals surface area contributed by atoms with Crippen LogP contribution in [-0.4, -0.2) is 5.97 Å². The molecule has 0 aromatic heterocycles. The number of hydrogen-bond donors (Lipinski definition) is 2. The van der Waals surface area contributed by atoms with Crippen LogP contribution >= 0.6 is 0 Å². The lowest BCUT2D eigenvalue weighted by Crippen LogP contribution is -2.33. The fourth-order valence-corrected chi connectivity index (χ4v) is 4.21. The van der Waals surface area contributed by atoms with E-state index in [4.69, 9.17) is 30.9 Å². The van der Waals surface area contributed by atoms with Crippen LogP contribution < -0.4 is 26.2 Å². The first-order chi connectivity index (χ1) is 14.5. The van der Waals surface area contributed by atoms with Gasteiger partial charge in [0.15, 0.2) is 17.1 Å². The van der Waals surface area contributed by atoms with Crippen molar-refractivity contribution in [3.05, 3.63) is 82.4 Å². The molecular weight excluding hydrogens is 384 g/mol. The molecule has 1 spiro atoms. The van der Waals surface area contributed by atoms with Gasteiger partial charge in [0.05, 0.1) is 5.56 Å². The second-order valence-corrected chi connectivity index (χ2v) is 7.68. The Bertz CT molecular complexity index is 1130. The van der Waals surface area contributed by atoms with Crippen molar-refractivity contribution in [2.24, 2.45) is 11.8 Å². The first-order valence-electron chi connectivity index (χ1n) is 9.56. The van der Waals surface area contributed by atoms with E-state index >= 15 is 0 Å². The van der Waals surface area contributed by atoms with Gasteiger partial charge in [-0.15, -0.1) is 0 Å². The molecule has 0 unspecified atom stereocenters. The predicted octanol–water partition coefficient (Wildman–Crippen LogP) is 3.88. The van der Waals surface area contributed by atoms with Crippen molar-refractivity contribution in [2.75, 3.05) is 0 Å². The summed E-state index contributed by atoms with van der Waals surface area (Å²) in [4.78, 5) is 22.8. The van der Waals surface area contributed by atoms with Gasteiger partial charge in [0.2, 0.25) is 0 Å². The molecule has 0 aliphatic carbocycles. The Hall–Kier alpha value is -3.55. The number of carbonyl (C=O) groups is 1. The van der Waals surface area contributed by atoms with E-state index in [-0.39, 0.29) is 11.9 Å². The first kappa shape index (κ1) is 18.5. The Kier molecular flexibility index (Phi) is 3.99. The molecule has 0 bridgehead atoms. The molecule has 3 aromatic rings. The second-order valence-electron chi connectivity index (χ2n) is 7.68. The van der Waals surface area contributed by atoms with Crippen molar-refractivity contribution in [2.45, 2.75) is 25.4 Å². The number of esters is 1. The van der Waals surface area contributed by atoms with Crippen LogP contribution in [0.2, 0.25) is 0 Å². The number of benzene rings is 3. The third-order valence-corrected chi connectivity index (χ3v) is 5.71. The zero-order valence-corrected chi connectivity index (χ0v) is 16.5. The smallest absolute Gasteiger partial charge is 0.340 e. The van der Waals surface area contributed by atoms with E-state index in [1.807, 2.05) is 18.2 Å². The molecule has 0 atom stereocenters. The molecule has 0 saturated carbocycles. The molecule has 0 radical (unpaired) electrons. The standard InChI is InChI=1S/C23H20N2O5/c1-12(2)13-3-6-17-16(9-13)22(26)28-23(17)18-7-4-14(29-24)10-20(18)27-21-11-15(30-25)5-8-19(21)23/h3-12H,24-25H2,1-2H3. The summed E-state index contributed by atoms with van der Waals surface area (Å²) in [7, 11) is 0. The maximum atomic E-state index is 13.0. The zero-order chi connectivity index (χ0) is 21.0. The van der Waals surface area contributed by atoms with Crippen LogP contribution in [0.5, 0.6) is 23.0 Å². The number of nitrogens with two attached hydrogens (primary N) is 2. The molecule has 2 heterocycles. The van der Waals surface area contributed by atoms with E-state index in [1.54, 1.807) is 36.4 Å². The van der Waals surface area contributed by atoms with Gasteiger partial charge in [-0.25, -0.2) is 4.79 Å². The van der Waals surface area contributed by atoms with Gasteiger partial charge in [0, 0.05) is 28.8 Å². The Morgan fingerprint density at radius 2 is 1.40 bits per heavy atom. The largest absolute Gasteiger partial charge is 0.456 e. The Balaban J connectivity index is 1.82. The highest BCUT2D eigenvalue weighted by atomic mass is 16.6. The fraction of sp³-hybridized carbons (Fsp3) is 0.174. The fourth-order valence-electron chi connectivity index (χ4n) is 4.21. The molecule has 2 aliphatic heterocycles. The van der Waals surface area contributed by atoms with Gasteiger partial charge in [-0.05, 0) is 41.8 Å². The molecule has 7 heteroatoms. The first-order valence-corrected chi connectivity index (χ1v) is 9.56.